The minimum atomic E-state index is -0.0245. The van der Waals surface area contributed by atoms with Gasteiger partial charge in [0.1, 0.15) is 36.2 Å². The van der Waals surface area contributed by atoms with E-state index in [2.05, 4.69) is 34.1 Å². The van der Waals surface area contributed by atoms with Crippen molar-refractivity contribution in [3.63, 3.8) is 0 Å². The Labute approximate surface area is 327 Å². The van der Waals surface area contributed by atoms with Crippen LogP contribution in [-0.4, -0.2) is 53.0 Å². The molecule has 0 bridgehead atoms. The average molecular weight is 775 g/mol. The van der Waals surface area contributed by atoms with Crippen LogP contribution in [0.3, 0.4) is 0 Å². The molecule has 0 spiro atoms. The summed E-state index contributed by atoms with van der Waals surface area (Å²) in [5.74, 6) is 3.05. The maximum absolute atomic E-state index is 13.0. The predicted molar refractivity (Wildman–Crippen MR) is 213 cm³/mol. The quantitative estimate of drug-likeness (QED) is 0.104. The van der Waals surface area contributed by atoms with Gasteiger partial charge in [-0.15, -0.1) is 12.4 Å². The SMILES string of the molecule is CC(C)Oc1ccc(OCc2ccc(CN3CCN(C(=O)/C=C/c4ccc(Oc5ccc(OCc6ccccc6Cl)cn5)c(Cl)c4)CC3)cc2)cc1.Cl. The molecule has 0 unspecified atom stereocenters. The summed E-state index contributed by atoms with van der Waals surface area (Å²) in [5, 5.41) is 1.06. The summed E-state index contributed by atoms with van der Waals surface area (Å²) in [6.45, 7) is 8.63. The Balaban J connectivity index is 0.00000541. The number of benzene rings is 4. The van der Waals surface area contributed by atoms with Crippen molar-refractivity contribution in [2.45, 2.75) is 39.7 Å². The van der Waals surface area contributed by atoms with E-state index < -0.39 is 0 Å². The van der Waals surface area contributed by atoms with Crippen LogP contribution in [0, 0.1) is 0 Å². The van der Waals surface area contributed by atoms with Crippen molar-refractivity contribution < 1.29 is 23.7 Å². The second kappa shape index (κ2) is 19.4. The van der Waals surface area contributed by atoms with Crippen LogP contribution in [0.15, 0.2) is 115 Å². The molecule has 0 aliphatic carbocycles. The molecule has 1 aromatic heterocycles. The van der Waals surface area contributed by atoms with E-state index >= 15 is 0 Å². The molecule has 1 fully saturated rings. The zero-order chi connectivity index (χ0) is 36.3. The zero-order valence-electron chi connectivity index (χ0n) is 29.6. The lowest BCUT2D eigenvalue weighted by molar-refractivity contribution is -0.127. The number of hydrogen-bond acceptors (Lipinski definition) is 7. The lowest BCUT2D eigenvalue weighted by Crippen LogP contribution is -2.47. The fraction of sp³-hybridized carbons (Fsp3) is 0.238. The molecule has 276 valence electrons. The Morgan fingerprint density at radius 2 is 1.45 bits per heavy atom. The minimum absolute atomic E-state index is 0. The number of carbonyl (C=O) groups excluding carboxylic acids is 1. The molecule has 53 heavy (non-hydrogen) atoms. The second-order valence-electron chi connectivity index (χ2n) is 12.7. The van der Waals surface area contributed by atoms with Gasteiger partial charge in [0.15, 0.2) is 0 Å². The molecule has 0 saturated carbocycles. The van der Waals surface area contributed by atoms with Crippen LogP contribution < -0.4 is 18.9 Å². The molecular formula is C42H42Cl3N3O5. The van der Waals surface area contributed by atoms with E-state index in [0.29, 0.717) is 53.7 Å². The van der Waals surface area contributed by atoms with Crippen LogP contribution in [0.2, 0.25) is 10.0 Å². The van der Waals surface area contributed by atoms with Crippen molar-refractivity contribution in [1.82, 2.24) is 14.8 Å². The fourth-order valence-corrected chi connectivity index (χ4v) is 5.97. The smallest absolute Gasteiger partial charge is 0.246 e. The van der Waals surface area contributed by atoms with Gasteiger partial charge in [0.25, 0.3) is 0 Å². The molecule has 1 aliphatic heterocycles. The number of hydrogen-bond donors (Lipinski definition) is 0. The van der Waals surface area contributed by atoms with Gasteiger partial charge in [-0.25, -0.2) is 4.98 Å². The Morgan fingerprint density at radius 1 is 0.774 bits per heavy atom. The third-order valence-corrected chi connectivity index (χ3v) is 9.03. The van der Waals surface area contributed by atoms with Crippen LogP contribution in [0.4, 0.5) is 0 Å². The number of ether oxygens (including phenoxy) is 4. The van der Waals surface area contributed by atoms with Crippen LogP contribution >= 0.6 is 35.6 Å². The van der Waals surface area contributed by atoms with Crippen molar-refractivity contribution >= 4 is 47.6 Å². The fourth-order valence-electron chi connectivity index (χ4n) is 5.56. The largest absolute Gasteiger partial charge is 0.491 e. The first-order valence-electron chi connectivity index (χ1n) is 17.2. The number of piperazine rings is 1. The highest BCUT2D eigenvalue weighted by Gasteiger charge is 2.20. The summed E-state index contributed by atoms with van der Waals surface area (Å²) in [6.07, 6.45) is 5.10. The van der Waals surface area contributed by atoms with Gasteiger partial charge in [-0.05, 0) is 85.1 Å². The van der Waals surface area contributed by atoms with Crippen LogP contribution in [0.1, 0.15) is 36.1 Å². The van der Waals surface area contributed by atoms with Gasteiger partial charge in [-0.1, -0.05) is 71.7 Å². The molecule has 8 nitrogen and oxygen atoms in total. The minimum Gasteiger partial charge on any atom is -0.491 e. The van der Waals surface area contributed by atoms with Crippen molar-refractivity contribution in [2.24, 2.45) is 0 Å². The number of halogens is 3. The van der Waals surface area contributed by atoms with Gasteiger partial charge in [0.05, 0.1) is 17.3 Å². The van der Waals surface area contributed by atoms with E-state index in [1.807, 2.05) is 73.3 Å². The summed E-state index contributed by atoms with van der Waals surface area (Å²) in [4.78, 5) is 21.6. The summed E-state index contributed by atoms with van der Waals surface area (Å²) in [6, 6.07) is 32.6. The Bertz CT molecular complexity index is 1950. The maximum Gasteiger partial charge on any atom is 0.246 e. The van der Waals surface area contributed by atoms with E-state index in [1.54, 1.807) is 42.6 Å². The highest BCUT2D eigenvalue weighted by atomic mass is 35.5. The lowest BCUT2D eigenvalue weighted by atomic mass is 10.1. The Kier molecular flexibility index (Phi) is 14.4. The number of carbonyl (C=O) groups is 1. The van der Waals surface area contributed by atoms with Gasteiger partial charge >= 0.3 is 0 Å². The topological polar surface area (TPSA) is 73.4 Å². The van der Waals surface area contributed by atoms with Crippen LogP contribution in [0.25, 0.3) is 6.08 Å². The molecule has 1 saturated heterocycles. The van der Waals surface area contributed by atoms with Crippen LogP contribution in [-0.2, 0) is 24.6 Å². The van der Waals surface area contributed by atoms with Crippen molar-refractivity contribution in [1.29, 1.82) is 0 Å². The second-order valence-corrected chi connectivity index (χ2v) is 13.5. The van der Waals surface area contributed by atoms with Crippen LogP contribution in [0.5, 0.6) is 28.9 Å². The first kappa shape index (κ1) is 39.5. The van der Waals surface area contributed by atoms with Gasteiger partial charge in [-0.3, -0.25) is 9.69 Å². The van der Waals surface area contributed by atoms with E-state index in [9.17, 15) is 4.79 Å². The molecule has 4 aromatic carbocycles. The number of rotatable bonds is 14. The molecule has 0 N–H and O–H groups in total. The Hall–Kier alpha value is -4.73. The van der Waals surface area contributed by atoms with E-state index in [4.69, 9.17) is 42.1 Å². The van der Waals surface area contributed by atoms with E-state index in [-0.39, 0.29) is 24.4 Å². The monoisotopic (exact) mass is 773 g/mol. The van der Waals surface area contributed by atoms with Gasteiger partial charge in [0, 0.05) is 55.5 Å². The average Bonchev–Trinajstić information content (AvgIpc) is 3.15. The molecule has 6 rings (SSSR count). The highest BCUT2D eigenvalue weighted by Crippen LogP contribution is 2.30. The number of aromatic nitrogens is 1. The molecule has 2 heterocycles. The number of amides is 1. The van der Waals surface area contributed by atoms with E-state index in [1.165, 1.54) is 5.56 Å². The maximum atomic E-state index is 13.0. The molecule has 1 aliphatic rings. The van der Waals surface area contributed by atoms with Gasteiger partial charge < -0.3 is 23.8 Å². The van der Waals surface area contributed by atoms with Gasteiger partial charge in [-0.2, -0.15) is 0 Å². The molecule has 1 amide bonds. The first-order chi connectivity index (χ1) is 25.3. The standard InChI is InChI=1S/C42H41Cl2N3O5.ClH/c1-30(2)51-36-15-13-35(14-16-36)49-28-33-9-7-32(8-10-33)27-46-21-23-47(24-22-46)42(48)20-12-31-11-18-40(39(44)25-31)52-41-19-17-37(26-45-41)50-29-34-5-3-4-6-38(34)43;/h3-20,25-26,30H,21-24,27-29H2,1-2H3;1H/b20-12+;. The lowest BCUT2D eigenvalue weighted by Gasteiger charge is -2.34. The van der Waals surface area contributed by atoms with Gasteiger partial charge in [0.2, 0.25) is 11.8 Å². The first-order valence-corrected chi connectivity index (χ1v) is 18.0. The number of nitrogens with zero attached hydrogens (tertiary/aromatic N) is 3. The van der Waals surface area contributed by atoms with E-state index in [0.717, 1.165) is 47.8 Å². The molecule has 5 aromatic rings. The summed E-state index contributed by atoms with van der Waals surface area (Å²) in [5.41, 5.74) is 4.02. The third kappa shape index (κ3) is 11.9. The normalized spacial score (nSPS) is 13.1. The highest BCUT2D eigenvalue weighted by molar-refractivity contribution is 6.32. The molecule has 0 atom stereocenters. The third-order valence-electron chi connectivity index (χ3n) is 8.36. The number of pyridine rings is 1. The van der Waals surface area contributed by atoms with Crippen molar-refractivity contribution in [3.05, 3.63) is 148 Å². The molecule has 0 radical (unpaired) electrons. The predicted octanol–water partition coefficient (Wildman–Crippen LogP) is 9.91. The summed E-state index contributed by atoms with van der Waals surface area (Å²) >= 11 is 12.7. The summed E-state index contributed by atoms with van der Waals surface area (Å²) in [7, 11) is 0. The molecular weight excluding hydrogens is 733 g/mol. The zero-order valence-corrected chi connectivity index (χ0v) is 31.9. The van der Waals surface area contributed by atoms with Crippen molar-refractivity contribution in [2.75, 3.05) is 26.2 Å². The summed E-state index contributed by atoms with van der Waals surface area (Å²) < 4.78 is 23.3. The van der Waals surface area contributed by atoms with Crippen molar-refractivity contribution in [3.8, 4) is 28.9 Å². The molecule has 11 heteroatoms. The Morgan fingerprint density at radius 3 is 2.13 bits per heavy atom.